The molecule has 2 saturated carbocycles. The molecule has 0 aromatic carbocycles. The van der Waals surface area contributed by atoms with Crippen LogP contribution in [0.25, 0.3) is 0 Å². The second-order valence-corrected chi connectivity index (χ2v) is 9.17. The first-order chi connectivity index (χ1) is 12.9. The molecule has 0 unspecified atom stereocenters. The molecule has 5 heteroatoms. The van der Waals surface area contributed by atoms with Crippen LogP contribution in [-0.2, 0) is 9.53 Å². The van der Waals surface area contributed by atoms with Gasteiger partial charge in [0.15, 0.2) is 0 Å². The summed E-state index contributed by atoms with van der Waals surface area (Å²) in [7, 11) is 1.38. The van der Waals surface area contributed by atoms with Crippen molar-refractivity contribution in [1.29, 1.82) is 0 Å². The summed E-state index contributed by atoms with van der Waals surface area (Å²) in [6.07, 6.45) is 6.35. The Morgan fingerprint density at radius 1 is 1.19 bits per heavy atom. The molecule has 0 saturated heterocycles. The van der Waals surface area contributed by atoms with Gasteiger partial charge in [0.2, 0.25) is 5.91 Å². The van der Waals surface area contributed by atoms with Crippen LogP contribution >= 0.6 is 11.3 Å². The lowest BCUT2D eigenvalue weighted by molar-refractivity contribution is -0.123. The lowest BCUT2D eigenvalue weighted by atomic mass is 9.82. The summed E-state index contributed by atoms with van der Waals surface area (Å²) >= 11 is 1.33. The number of hydrogen-bond donors (Lipinski definition) is 0. The van der Waals surface area contributed by atoms with Crippen LogP contribution in [0.15, 0.2) is 6.07 Å². The number of rotatable bonds is 4. The topological polar surface area (TPSA) is 46.6 Å². The minimum absolute atomic E-state index is 0.0286. The standard InChI is InChI=1S/C22H29NO3S/c1-14(2)23(21(24)17-10-5-15(3)6-11-17)19-13-18(12-9-16-7-8-16)27-20(19)22(25)26-4/h13-17H,5-8,10-11H2,1-4H3. The molecule has 0 spiro atoms. The molecule has 1 aromatic heterocycles. The molecule has 0 radical (unpaired) electrons. The van der Waals surface area contributed by atoms with Gasteiger partial charge in [-0.1, -0.05) is 18.8 Å². The maximum absolute atomic E-state index is 13.3. The second-order valence-electron chi connectivity index (χ2n) is 8.12. The SMILES string of the molecule is COC(=O)c1sc(C#CC2CC2)cc1N(C(=O)C1CCC(C)CC1)C(C)C. The summed E-state index contributed by atoms with van der Waals surface area (Å²) in [6.45, 7) is 6.25. The molecule has 2 aliphatic rings. The van der Waals surface area contributed by atoms with Crippen molar-refractivity contribution in [1.82, 2.24) is 0 Å². The molecular formula is C22H29NO3S. The van der Waals surface area contributed by atoms with Gasteiger partial charge < -0.3 is 9.64 Å². The smallest absolute Gasteiger partial charge is 0.350 e. The van der Waals surface area contributed by atoms with Gasteiger partial charge in [-0.15, -0.1) is 11.3 Å². The normalized spacial score (nSPS) is 22.1. The lowest BCUT2D eigenvalue weighted by Gasteiger charge is -2.33. The van der Waals surface area contributed by atoms with E-state index < -0.39 is 5.97 Å². The van der Waals surface area contributed by atoms with Crippen LogP contribution < -0.4 is 4.90 Å². The van der Waals surface area contributed by atoms with E-state index in [1.54, 1.807) is 4.90 Å². The Hall–Kier alpha value is -1.80. The molecule has 0 atom stereocenters. The number of thiophene rings is 1. The average Bonchev–Trinajstić information content (AvgIpc) is 3.39. The van der Waals surface area contributed by atoms with Gasteiger partial charge in [-0.2, -0.15) is 0 Å². The minimum Gasteiger partial charge on any atom is -0.465 e. The molecule has 0 N–H and O–H groups in total. The van der Waals surface area contributed by atoms with Crippen LogP contribution in [0, 0.1) is 29.6 Å². The number of ether oxygens (including phenoxy) is 1. The Balaban J connectivity index is 1.92. The van der Waals surface area contributed by atoms with Gasteiger partial charge in [-0.3, -0.25) is 4.79 Å². The van der Waals surface area contributed by atoms with Crippen LogP contribution in [0.1, 0.15) is 73.8 Å². The van der Waals surface area contributed by atoms with E-state index in [9.17, 15) is 9.59 Å². The lowest BCUT2D eigenvalue weighted by Crippen LogP contribution is -2.42. The number of hydrogen-bond acceptors (Lipinski definition) is 4. The number of carbonyl (C=O) groups is 2. The number of amides is 1. The molecule has 0 bridgehead atoms. The highest BCUT2D eigenvalue weighted by atomic mass is 32.1. The Bertz CT molecular complexity index is 758. The van der Waals surface area contributed by atoms with Crippen LogP contribution in [0.2, 0.25) is 0 Å². The van der Waals surface area contributed by atoms with Crippen molar-refractivity contribution >= 4 is 28.9 Å². The maximum Gasteiger partial charge on any atom is 0.350 e. The number of carbonyl (C=O) groups excluding carboxylic acids is 2. The van der Waals surface area contributed by atoms with Crippen molar-refractivity contribution in [2.45, 2.75) is 65.3 Å². The first-order valence-electron chi connectivity index (χ1n) is 9.97. The van der Waals surface area contributed by atoms with Gasteiger partial charge in [0.25, 0.3) is 0 Å². The van der Waals surface area contributed by atoms with E-state index in [1.807, 2.05) is 19.9 Å². The predicted molar refractivity (Wildman–Crippen MR) is 109 cm³/mol. The van der Waals surface area contributed by atoms with E-state index in [0.29, 0.717) is 22.4 Å². The Morgan fingerprint density at radius 3 is 2.41 bits per heavy atom. The van der Waals surface area contributed by atoms with E-state index in [4.69, 9.17) is 4.74 Å². The monoisotopic (exact) mass is 387 g/mol. The fraction of sp³-hybridized carbons (Fsp3) is 0.636. The van der Waals surface area contributed by atoms with Crippen LogP contribution in [0.4, 0.5) is 5.69 Å². The summed E-state index contributed by atoms with van der Waals surface area (Å²) in [5.41, 5.74) is 0.658. The first-order valence-corrected chi connectivity index (χ1v) is 10.8. The van der Waals surface area contributed by atoms with E-state index >= 15 is 0 Å². The van der Waals surface area contributed by atoms with Gasteiger partial charge >= 0.3 is 5.97 Å². The van der Waals surface area contributed by atoms with Crippen molar-refractivity contribution in [2.75, 3.05) is 12.0 Å². The number of esters is 1. The molecule has 27 heavy (non-hydrogen) atoms. The highest BCUT2D eigenvalue weighted by Gasteiger charge is 2.33. The highest BCUT2D eigenvalue weighted by Crippen LogP contribution is 2.36. The third-order valence-electron chi connectivity index (χ3n) is 5.44. The average molecular weight is 388 g/mol. The summed E-state index contributed by atoms with van der Waals surface area (Å²) < 4.78 is 4.98. The fourth-order valence-electron chi connectivity index (χ4n) is 3.62. The molecule has 4 nitrogen and oxygen atoms in total. The minimum atomic E-state index is -0.398. The summed E-state index contributed by atoms with van der Waals surface area (Å²) in [5.74, 6) is 7.38. The Labute approximate surface area is 166 Å². The number of methoxy groups -OCH3 is 1. The van der Waals surface area contributed by atoms with Crippen molar-refractivity contribution in [3.8, 4) is 11.8 Å². The van der Waals surface area contributed by atoms with E-state index in [0.717, 1.165) is 43.4 Å². The van der Waals surface area contributed by atoms with Crippen LogP contribution in [0.3, 0.4) is 0 Å². The largest absolute Gasteiger partial charge is 0.465 e. The fourth-order valence-corrected chi connectivity index (χ4v) is 4.55. The third-order valence-corrected chi connectivity index (χ3v) is 6.46. The molecule has 2 fully saturated rings. The molecule has 3 rings (SSSR count). The molecule has 0 aliphatic heterocycles. The van der Waals surface area contributed by atoms with Crippen molar-refractivity contribution in [2.24, 2.45) is 17.8 Å². The van der Waals surface area contributed by atoms with Gasteiger partial charge in [-0.25, -0.2) is 4.79 Å². The van der Waals surface area contributed by atoms with E-state index in [1.165, 1.54) is 18.4 Å². The van der Waals surface area contributed by atoms with Crippen molar-refractivity contribution in [3.63, 3.8) is 0 Å². The van der Waals surface area contributed by atoms with Crippen LogP contribution in [0.5, 0.6) is 0 Å². The molecular weight excluding hydrogens is 358 g/mol. The van der Waals surface area contributed by atoms with Crippen molar-refractivity contribution < 1.29 is 14.3 Å². The van der Waals surface area contributed by atoms with Gasteiger partial charge in [0.1, 0.15) is 4.88 Å². The zero-order valence-electron chi connectivity index (χ0n) is 16.7. The van der Waals surface area contributed by atoms with Crippen LogP contribution in [-0.4, -0.2) is 25.0 Å². The zero-order valence-corrected chi connectivity index (χ0v) is 17.5. The first kappa shape index (κ1) is 19.9. The molecule has 1 amide bonds. The van der Waals surface area contributed by atoms with E-state index in [-0.39, 0.29) is 17.9 Å². The van der Waals surface area contributed by atoms with Crippen molar-refractivity contribution in [3.05, 3.63) is 15.8 Å². The summed E-state index contributed by atoms with van der Waals surface area (Å²) in [5, 5.41) is 0. The molecule has 1 aromatic rings. The van der Waals surface area contributed by atoms with E-state index in [2.05, 4.69) is 18.8 Å². The second kappa shape index (κ2) is 8.48. The summed E-state index contributed by atoms with van der Waals surface area (Å²) in [6, 6.07) is 1.87. The van der Waals surface area contributed by atoms with Gasteiger partial charge in [0, 0.05) is 17.9 Å². The highest BCUT2D eigenvalue weighted by molar-refractivity contribution is 7.15. The number of nitrogens with zero attached hydrogens (tertiary/aromatic N) is 1. The maximum atomic E-state index is 13.3. The zero-order chi connectivity index (χ0) is 19.6. The third kappa shape index (κ3) is 4.73. The number of anilines is 1. The molecule has 1 heterocycles. The van der Waals surface area contributed by atoms with Gasteiger partial charge in [-0.05, 0) is 64.4 Å². The Kier molecular flexibility index (Phi) is 6.26. The van der Waals surface area contributed by atoms with Gasteiger partial charge in [0.05, 0.1) is 17.7 Å². The Morgan fingerprint density at radius 2 is 1.85 bits per heavy atom. The summed E-state index contributed by atoms with van der Waals surface area (Å²) in [4.78, 5) is 28.8. The molecule has 146 valence electrons. The predicted octanol–water partition coefficient (Wildman–Crippen LogP) is 4.86. The molecule has 2 aliphatic carbocycles. The quantitative estimate of drug-likeness (QED) is 0.547.